The first-order valence-electron chi connectivity index (χ1n) is 8.32. The van der Waals surface area contributed by atoms with Crippen LogP contribution in [0.4, 0.5) is 5.69 Å². The third-order valence-electron chi connectivity index (χ3n) is 3.25. The molecule has 0 spiro atoms. The maximum atomic E-state index is 12.5. The molecule has 2 aromatic rings. The molecule has 1 heterocycles. The van der Waals surface area contributed by atoms with Gasteiger partial charge in [-0.3, -0.25) is 9.59 Å². The molecule has 6 nitrogen and oxygen atoms in total. The Morgan fingerprint density at radius 1 is 1.27 bits per heavy atom. The highest BCUT2D eigenvalue weighted by Crippen LogP contribution is 2.29. The summed E-state index contributed by atoms with van der Waals surface area (Å²) in [6.45, 7) is 6.36. The van der Waals surface area contributed by atoms with Crippen LogP contribution in [0.25, 0.3) is 0 Å². The number of hydrogen-bond acceptors (Lipinski definition) is 7. The number of rotatable bonds is 9. The molecule has 1 N–H and O–H groups in total. The average Bonchev–Trinajstić information content (AvgIpc) is 3.03. The number of carbonyl (C=O) groups excluding carboxylic acids is 2. The standard InChI is InChI=1S/C18H22N2O4S2/c1-4-23-15-9-7-6-8-14(15)20-17(22)12(3)26-18-19-13(11-25-18)10-16(21)24-5-2/h6-9,11-12H,4-5,10H2,1-3H3,(H,20,22)/t12-/m0/s1. The van der Waals surface area contributed by atoms with E-state index in [1.165, 1.54) is 23.1 Å². The zero-order chi connectivity index (χ0) is 18.9. The van der Waals surface area contributed by atoms with E-state index in [1.54, 1.807) is 13.0 Å². The molecule has 0 aliphatic rings. The Bertz CT molecular complexity index is 748. The molecule has 0 aliphatic heterocycles. The predicted octanol–water partition coefficient (Wildman–Crippen LogP) is 3.77. The zero-order valence-corrected chi connectivity index (χ0v) is 16.6. The molecule has 26 heavy (non-hydrogen) atoms. The van der Waals surface area contributed by atoms with Crippen molar-refractivity contribution in [2.24, 2.45) is 0 Å². The number of para-hydroxylation sites is 2. The van der Waals surface area contributed by atoms with Gasteiger partial charge in [0.1, 0.15) is 5.75 Å². The van der Waals surface area contributed by atoms with E-state index >= 15 is 0 Å². The van der Waals surface area contributed by atoms with Crippen molar-refractivity contribution in [1.29, 1.82) is 0 Å². The smallest absolute Gasteiger partial charge is 0.311 e. The van der Waals surface area contributed by atoms with Gasteiger partial charge in [-0.25, -0.2) is 4.98 Å². The Balaban J connectivity index is 1.93. The number of amides is 1. The Hall–Kier alpha value is -2.06. The number of nitrogens with zero attached hydrogens (tertiary/aromatic N) is 1. The van der Waals surface area contributed by atoms with Gasteiger partial charge in [-0.05, 0) is 32.9 Å². The van der Waals surface area contributed by atoms with Gasteiger partial charge in [-0.2, -0.15) is 0 Å². The molecule has 140 valence electrons. The summed E-state index contributed by atoms with van der Waals surface area (Å²) in [5.74, 6) is 0.212. The number of nitrogens with one attached hydrogen (secondary N) is 1. The van der Waals surface area contributed by atoms with E-state index in [0.29, 0.717) is 30.3 Å². The van der Waals surface area contributed by atoms with Gasteiger partial charge in [0.15, 0.2) is 4.34 Å². The third-order valence-corrected chi connectivity index (χ3v) is 5.37. The summed E-state index contributed by atoms with van der Waals surface area (Å²) in [4.78, 5) is 28.3. The molecular formula is C18H22N2O4S2. The molecule has 1 aromatic carbocycles. The van der Waals surface area contributed by atoms with Crippen LogP contribution in [-0.2, 0) is 20.7 Å². The zero-order valence-electron chi connectivity index (χ0n) is 15.0. The average molecular weight is 395 g/mol. The van der Waals surface area contributed by atoms with Crippen LogP contribution in [0, 0.1) is 0 Å². The Morgan fingerprint density at radius 2 is 2.04 bits per heavy atom. The SMILES string of the molecule is CCOC(=O)Cc1csc(S[C@@H](C)C(=O)Nc2ccccc2OCC)n1. The first-order valence-corrected chi connectivity index (χ1v) is 10.1. The second-order valence-electron chi connectivity index (χ2n) is 5.27. The maximum Gasteiger partial charge on any atom is 0.311 e. The molecule has 8 heteroatoms. The number of ether oxygens (including phenoxy) is 2. The topological polar surface area (TPSA) is 77.5 Å². The minimum atomic E-state index is -0.341. The Kier molecular flexibility index (Phi) is 7.93. The Labute approximate surface area is 161 Å². The first kappa shape index (κ1) is 20.3. The predicted molar refractivity (Wildman–Crippen MR) is 104 cm³/mol. The van der Waals surface area contributed by atoms with Crippen LogP contribution in [-0.4, -0.2) is 35.3 Å². The highest BCUT2D eigenvalue weighted by atomic mass is 32.2. The van der Waals surface area contributed by atoms with Gasteiger partial charge >= 0.3 is 5.97 Å². The lowest BCUT2D eigenvalue weighted by molar-refractivity contribution is -0.142. The van der Waals surface area contributed by atoms with Gasteiger partial charge in [0.2, 0.25) is 5.91 Å². The summed E-state index contributed by atoms with van der Waals surface area (Å²) in [5, 5.41) is 4.36. The minimum Gasteiger partial charge on any atom is -0.492 e. The van der Waals surface area contributed by atoms with Gasteiger partial charge in [-0.15, -0.1) is 11.3 Å². The summed E-state index contributed by atoms with van der Waals surface area (Å²) in [6.07, 6.45) is 0.146. The molecule has 0 aliphatic carbocycles. The number of benzene rings is 1. The van der Waals surface area contributed by atoms with Crippen LogP contribution < -0.4 is 10.1 Å². The first-order chi connectivity index (χ1) is 12.5. The molecular weight excluding hydrogens is 372 g/mol. The van der Waals surface area contributed by atoms with E-state index in [4.69, 9.17) is 9.47 Å². The number of thioether (sulfide) groups is 1. The summed E-state index contributed by atoms with van der Waals surface area (Å²) < 4.78 is 11.2. The van der Waals surface area contributed by atoms with Crippen molar-refractivity contribution >= 4 is 40.7 Å². The normalized spacial score (nSPS) is 11.7. The van der Waals surface area contributed by atoms with Crippen molar-refractivity contribution in [3.8, 4) is 5.75 Å². The van der Waals surface area contributed by atoms with Crippen LogP contribution in [0.1, 0.15) is 26.5 Å². The highest BCUT2D eigenvalue weighted by molar-refractivity contribution is 8.02. The van der Waals surface area contributed by atoms with Crippen molar-refractivity contribution in [3.05, 3.63) is 35.3 Å². The number of anilines is 1. The quantitative estimate of drug-likeness (QED) is 0.515. The van der Waals surface area contributed by atoms with Crippen molar-refractivity contribution in [3.63, 3.8) is 0 Å². The minimum absolute atomic E-state index is 0.135. The molecule has 0 fully saturated rings. The summed E-state index contributed by atoms with van der Waals surface area (Å²) in [6, 6.07) is 7.33. The number of aromatic nitrogens is 1. The molecule has 0 radical (unpaired) electrons. The van der Waals surface area contributed by atoms with E-state index in [9.17, 15) is 9.59 Å². The van der Waals surface area contributed by atoms with Crippen molar-refractivity contribution in [1.82, 2.24) is 4.98 Å². The van der Waals surface area contributed by atoms with Crippen molar-refractivity contribution < 1.29 is 19.1 Å². The molecule has 0 saturated carbocycles. The number of carbonyl (C=O) groups is 2. The number of hydrogen-bond donors (Lipinski definition) is 1. The van der Waals surface area contributed by atoms with E-state index in [-0.39, 0.29) is 23.5 Å². The van der Waals surface area contributed by atoms with Gasteiger partial charge in [0, 0.05) is 5.38 Å². The number of esters is 1. The van der Waals surface area contributed by atoms with Crippen LogP contribution in [0.3, 0.4) is 0 Å². The van der Waals surface area contributed by atoms with Crippen LogP contribution in [0.2, 0.25) is 0 Å². The largest absolute Gasteiger partial charge is 0.492 e. The van der Waals surface area contributed by atoms with Crippen molar-refractivity contribution in [2.45, 2.75) is 36.8 Å². The van der Waals surface area contributed by atoms with E-state index < -0.39 is 0 Å². The molecule has 0 bridgehead atoms. The highest BCUT2D eigenvalue weighted by Gasteiger charge is 2.18. The van der Waals surface area contributed by atoms with Crippen molar-refractivity contribution in [2.75, 3.05) is 18.5 Å². The molecule has 1 aromatic heterocycles. The lowest BCUT2D eigenvalue weighted by atomic mass is 10.3. The lowest BCUT2D eigenvalue weighted by Gasteiger charge is -2.14. The van der Waals surface area contributed by atoms with E-state index in [2.05, 4.69) is 10.3 Å². The van der Waals surface area contributed by atoms with Crippen LogP contribution in [0.5, 0.6) is 5.75 Å². The van der Waals surface area contributed by atoms with Crippen LogP contribution >= 0.6 is 23.1 Å². The monoisotopic (exact) mass is 394 g/mol. The maximum absolute atomic E-state index is 12.5. The van der Waals surface area contributed by atoms with E-state index in [1.807, 2.05) is 37.4 Å². The number of thiazole rings is 1. The van der Waals surface area contributed by atoms with E-state index in [0.717, 1.165) is 4.34 Å². The second-order valence-corrected chi connectivity index (χ2v) is 7.71. The lowest BCUT2D eigenvalue weighted by Crippen LogP contribution is -2.22. The third kappa shape index (κ3) is 6.03. The summed E-state index contributed by atoms with van der Waals surface area (Å²) >= 11 is 2.77. The van der Waals surface area contributed by atoms with Gasteiger partial charge in [0.25, 0.3) is 0 Å². The Morgan fingerprint density at radius 3 is 2.77 bits per heavy atom. The molecule has 0 saturated heterocycles. The summed E-state index contributed by atoms with van der Waals surface area (Å²) in [5.41, 5.74) is 1.30. The summed E-state index contributed by atoms with van der Waals surface area (Å²) in [7, 11) is 0. The fourth-order valence-corrected chi connectivity index (χ4v) is 4.05. The fourth-order valence-electron chi connectivity index (χ4n) is 2.07. The van der Waals surface area contributed by atoms with Gasteiger partial charge in [-0.1, -0.05) is 23.9 Å². The van der Waals surface area contributed by atoms with Gasteiger partial charge < -0.3 is 14.8 Å². The molecule has 1 atom stereocenters. The molecule has 0 unspecified atom stereocenters. The molecule has 2 rings (SSSR count). The van der Waals surface area contributed by atoms with Gasteiger partial charge in [0.05, 0.1) is 36.3 Å². The van der Waals surface area contributed by atoms with Crippen LogP contribution in [0.15, 0.2) is 34.0 Å². The fraction of sp³-hybridized carbons (Fsp3) is 0.389. The second kappa shape index (κ2) is 10.2. The molecule has 1 amide bonds.